The number of alkyl halides is 3. The fourth-order valence-electron chi connectivity index (χ4n) is 5.24. The molecular weight excluding hydrogens is 531 g/mol. The molecule has 0 saturated carbocycles. The SMILES string of the molecule is C[C@@H]1CN(c2nc(=O)n3c4c(c(Cl)c(C(F)(F)F)cc24)SC[C@H](c2ccccn2)C3)C[C@H](C)N1C(=O)O. The summed E-state index contributed by atoms with van der Waals surface area (Å²) < 4.78 is 43.7. The van der Waals surface area contributed by atoms with Crippen molar-refractivity contribution in [2.24, 2.45) is 0 Å². The molecule has 1 aromatic carbocycles. The lowest BCUT2D eigenvalue weighted by Crippen LogP contribution is -2.58. The summed E-state index contributed by atoms with van der Waals surface area (Å²) in [6.07, 6.45) is -4.18. The number of rotatable bonds is 2. The van der Waals surface area contributed by atoms with Gasteiger partial charge in [-0.25, -0.2) is 9.59 Å². The molecule has 0 bridgehead atoms. The first-order valence-corrected chi connectivity index (χ1v) is 13.0. The molecule has 1 saturated heterocycles. The highest BCUT2D eigenvalue weighted by atomic mass is 35.5. The molecule has 5 rings (SSSR count). The summed E-state index contributed by atoms with van der Waals surface area (Å²) in [5, 5.41) is 9.27. The zero-order chi connectivity index (χ0) is 26.6. The molecule has 2 aliphatic rings. The molecule has 0 aliphatic carbocycles. The van der Waals surface area contributed by atoms with E-state index in [9.17, 15) is 27.9 Å². The number of carboxylic acid groups (broad SMARTS) is 1. The van der Waals surface area contributed by atoms with E-state index in [-0.39, 0.29) is 41.7 Å². The largest absolute Gasteiger partial charge is 0.465 e. The number of piperazine rings is 1. The summed E-state index contributed by atoms with van der Waals surface area (Å²) in [5.74, 6) is 0.214. The van der Waals surface area contributed by atoms with Crippen molar-refractivity contribution in [2.45, 2.75) is 49.5 Å². The van der Waals surface area contributed by atoms with Gasteiger partial charge in [-0.2, -0.15) is 18.2 Å². The fourth-order valence-corrected chi connectivity index (χ4v) is 6.90. The predicted molar refractivity (Wildman–Crippen MR) is 135 cm³/mol. The lowest BCUT2D eigenvalue weighted by atomic mass is 10.0. The number of aromatic nitrogens is 3. The summed E-state index contributed by atoms with van der Waals surface area (Å²) in [7, 11) is 0. The van der Waals surface area contributed by atoms with E-state index in [0.717, 1.165) is 6.07 Å². The smallest absolute Gasteiger partial charge is 0.417 e. The van der Waals surface area contributed by atoms with Crippen LogP contribution in [0, 0.1) is 0 Å². The van der Waals surface area contributed by atoms with Crippen LogP contribution in [0.4, 0.5) is 23.8 Å². The highest BCUT2D eigenvalue weighted by Crippen LogP contribution is 2.47. The lowest BCUT2D eigenvalue weighted by molar-refractivity contribution is -0.137. The van der Waals surface area contributed by atoms with Crippen molar-refractivity contribution < 1.29 is 23.1 Å². The molecule has 196 valence electrons. The second-order valence-electron chi connectivity index (χ2n) is 9.35. The van der Waals surface area contributed by atoms with Crippen LogP contribution in [0.3, 0.4) is 0 Å². The van der Waals surface area contributed by atoms with Gasteiger partial charge < -0.3 is 10.0 Å². The van der Waals surface area contributed by atoms with Gasteiger partial charge in [-0.3, -0.25) is 14.5 Å². The molecule has 2 aliphatic heterocycles. The monoisotopic (exact) mass is 553 g/mol. The average Bonchev–Trinajstić information content (AvgIpc) is 3.03. The lowest BCUT2D eigenvalue weighted by Gasteiger charge is -2.43. The molecule has 4 heterocycles. The zero-order valence-electron chi connectivity index (χ0n) is 19.9. The zero-order valence-corrected chi connectivity index (χ0v) is 21.4. The van der Waals surface area contributed by atoms with Crippen molar-refractivity contribution in [3.8, 4) is 0 Å². The van der Waals surface area contributed by atoms with E-state index in [0.29, 0.717) is 17.0 Å². The maximum Gasteiger partial charge on any atom is 0.417 e. The minimum atomic E-state index is -4.73. The van der Waals surface area contributed by atoms with Gasteiger partial charge in [-0.1, -0.05) is 17.7 Å². The van der Waals surface area contributed by atoms with E-state index >= 15 is 0 Å². The number of pyridine rings is 1. The first-order chi connectivity index (χ1) is 17.5. The summed E-state index contributed by atoms with van der Waals surface area (Å²) in [6.45, 7) is 3.95. The number of halogens is 4. The molecule has 1 N–H and O–H groups in total. The summed E-state index contributed by atoms with van der Waals surface area (Å²) in [6, 6.07) is 5.43. The van der Waals surface area contributed by atoms with E-state index in [1.54, 1.807) is 31.0 Å². The van der Waals surface area contributed by atoms with Crippen LogP contribution in [0.1, 0.15) is 31.0 Å². The van der Waals surface area contributed by atoms with Crippen LogP contribution in [0.2, 0.25) is 5.02 Å². The Hall–Kier alpha value is -2.99. The standard InChI is InChI=1S/C24H23ClF3N5O3S/c1-12-8-31(9-13(2)33(12)23(35)36)21-15-7-16(24(26,27)28)18(25)20-19(15)32(22(34)30-21)10-14(11-37-20)17-5-3-4-6-29-17/h3-7,12-14H,8-11H2,1-2H3,(H,35,36)/t12-,13+,14-/m1/s1. The van der Waals surface area contributed by atoms with Gasteiger partial charge in [0.05, 0.1) is 33.1 Å². The van der Waals surface area contributed by atoms with Crippen molar-refractivity contribution in [3.63, 3.8) is 0 Å². The molecule has 0 radical (unpaired) electrons. The molecule has 13 heteroatoms. The summed E-state index contributed by atoms with van der Waals surface area (Å²) in [5.41, 5.74) is -0.591. The van der Waals surface area contributed by atoms with E-state index in [1.807, 2.05) is 12.1 Å². The molecule has 2 aromatic heterocycles. The quantitative estimate of drug-likeness (QED) is 0.481. The molecular formula is C24H23ClF3N5O3S. The predicted octanol–water partition coefficient (Wildman–Crippen LogP) is 4.93. The van der Waals surface area contributed by atoms with Gasteiger partial charge in [0.15, 0.2) is 0 Å². The van der Waals surface area contributed by atoms with Crippen molar-refractivity contribution in [1.29, 1.82) is 0 Å². The van der Waals surface area contributed by atoms with E-state index in [1.165, 1.54) is 21.2 Å². The Morgan fingerprint density at radius 3 is 2.49 bits per heavy atom. The number of anilines is 1. The summed E-state index contributed by atoms with van der Waals surface area (Å²) in [4.78, 5) is 36.9. The third-order valence-electron chi connectivity index (χ3n) is 6.82. The topological polar surface area (TPSA) is 91.6 Å². The highest BCUT2D eigenvalue weighted by Gasteiger charge is 2.39. The molecule has 37 heavy (non-hydrogen) atoms. The minimum Gasteiger partial charge on any atom is -0.465 e. The van der Waals surface area contributed by atoms with Crippen LogP contribution in [0.15, 0.2) is 40.2 Å². The molecule has 0 unspecified atom stereocenters. The van der Waals surface area contributed by atoms with Crippen molar-refractivity contribution >= 4 is 46.2 Å². The third-order valence-corrected chi connectivity index (χ3v) is 8.58. The van der Waals surface area contributed by atoms with Gasteiger partial charge in [0.1, 0.15) is 5.82 Å². The van der Waals surface area contributed by atoms with Gasteiger partial charge >= 0.3 is 18.0 Å². The van der Waals surface area contributed by atoms with E-state index in [2.05, 4.69) is 9.97 Å². The average molecular weight is 554 g/mol. The van der Waals surface area contributed by atoms with Crippen LogP contribution >= 0.6 is 23.4 Å². The molecule has 8 nitrogen and oxygen atoms in total. The Morgan fingerprint density at radius 1 is 1.19 bits per heavy atom. The van der Waals surface area contributed by atoms with Crippen molar-refractivity contribution in [3.05, 3.63) is 57.2 Å². The van der Waals surface area contributed by atoms with Crippen LogP contribution in [-0.4, -0.2) is 61.6 Å². The van der Waals surface area contributed by atoms with Crippen LogP contribution in [-0.2, 0) is 12.7 Å². The Kier molecular flexibility index (Phi) is 6.51. The number of nitrogens with zero attached hydrogens (tertiary/aromatic N) is 5. The number of carbonyl (C=O) groups is 1. The molecule has 3 aromatic rings. The van der Waals surface area contributed by atoms with Crippen LogP contribution in [0.5, 0.6) is 0 Å². The summed E-state index contributed by atoms with van der Waals surface area (Å²) >= 11 is 7.53. The second-order valence-corrected chi connectivity index (χ2v) is 10.8. The normalized spacial score (nSPS) is 22.3. The van der Waals surface area contributed by atoms with Crippen LogP contribution in [0.25, 0.3) is 10.9 Å². The third kappa shape index (κ3) is 4.50. The van der Waals surface area contributed by atoms with E-state index in [4.69, 9.17) is 11.6 Å². The number of hydrogen-bond acceptors (Lipinski definition) is 6. The maximum atomic E-state index is 14.1. The fraction of sp³-hybridized carbons (Fsp3) is 0.417. The minimum absolute atomic E-state index is 0.0975. The second kappa shape index (κ2) is 9.39. The van der Waals surface area contributed by atoms with Crippen molar-refractivity contribution in [2.75, 3.05) is 23.7 Å². The van der Waals surface area contributed by atoms with E-state index < -0.39 is 40.6 Å². The number of hydrogen-bond donors (Lipinski definition) is 1. The number of amides is 1. The molecule has 1 fully saturated rings. The van der Waals surface area contributed by atoms with Gasteiger partial charge in [0.25, 0.3) is 0 Å². The van der Waals surface area contributed by atoms with Gasteiger partial charge in [0.2, 0.25) is 0 Å². The molecule has 3 atom stereocenters. The first-order valence-electron chi connectivity index (χ1n) is 11.6. The van der Waals surface area contributed by atoms with Crippen LogP contribution < -0.4 is 10.6 Å². The van der Waals surface area contributed by atoms with Gasteiger partial charge in [0, 0.05) is 48.6 Å². The Labute approximate surface area is 219 Å². The molecule has 1 amide bonds. The van der Waals surface area contributed by atoms with Gasteiger partial charge in [-0.15, -0.1) is 11.8 Å². The Morgan fingerprint density at radius 2 is 1.89 bits per heavy atom. The number of benzene rings is 1. The maximum absolute atomic E-state index is 14.1. The first kappa shape index (κ1) is 25.7. The van der Waals surface area contributed by atoms with Gasteiger partial charge in [-0.05, 0) is 32.0 Å². The van der Waals surface area contributed by atoms with Crippen molar-refractivity contribution in [1.82, 2.24) is 19.4 Å². The Bertz CT molecular complexity index is 1420. The highest BCUT2D eigenvalue weighted by molar-refractivity contribution is 7.99. The molecule has 0 spiro atoms. The number of thioether (sulfide) groups is 1. The Balaban J connectivity index is 1.72.